The molecular formula is C26H42O7. The van der Waals surface area contributed by atoms with Crippen molar-refractivity contribution in [1.82, 2.24) is 0 Å². The molecule has 0 radical (unpaired) electrons. The molecular weight excluding hydrogens is 424 g/mol. The predicted molar refractivity (Wildman–Crippen MR) is 126 cm³/mol. The Morgan fingerprint density at radius 3 is 2.52 bits per heavy atom. The Morgan fingerprint density at radius 2 is 1.91 bits per heavy atom. The van der Waals surface area contributed by atoms with Gasteiger partial charge in [-0.15, -0.1) is 0 Å². The lowest BCUT2D eigenvalue weighted by atomic mass is 9.76. The number of fused-ring (bicyclic) bond motifs is 2. The number of carbonyl (C=O) groups excluding carboxylic acids is 1. The summed E-state index contributed by atoms with van der Waals surface area (Å²) in [6.45, 7) is 7.92. The molecule has 1 aromatic carbocycles. The van der Waals surface area contributed by atoms with Crippen molar-refractivity contribution >= 4 is 5.97 Å². The van der Waals surface area contributed by atoms with Gasteiger partial charge in [0, 0.05) is 38.4 Å². The van der Waals surface area contributed by atoms with Gasteiger partial charge >= 0.3 is 5.97 Å². The van der Waals surface area contributed by atoms with Crippen LogP contribution in [0, 0.1) is 11.8 Å². The number of aliphatic hydroxyl groups is 4. The maximum Gasteiger partial charge on any atom is 0.337 e. The van der Waals surface area contributed by atoms with Gasteiger partial charge in [0.1, 0.15) is 6.10 Å². The van der Waals surface area contributed by atoms with Crippen LogP contribution in [0.5, 0.6) is 0 Å². The number of aliphatic hydroxyl groups excluding tert-OH is 4. The number of rotatable bonds is 6. The predicted octanol–water partition coefficient (Wildman–Crippen LogP) is 2.35. The molecule has 1 aliphatic heterocycles. The minimum Gasteiger partial charge on any atom is -0.460 e. The minimum atomic E-state index is -1.68. The molecule has 1 aliphatic rings. The lowest BCUT2D eigenvalue weighted by molar-refractivity contribution is -0.170. The number of benzene rings is 1. The first-order valence-corrected chi connectivity index (χ1v) is 12.0. The number of esters is 1. The van der Waals surface area contributed by atoms with Crippen LogP contribution in [0.25, 0.3) is 0 Å². The first-order chi connectivity index (χ1) is 15.5. The average molecular weight is 467 g/mol. The van der Waals surface area contributed by atoms with Crippen LogP contribution in [-0.4, -0.2) is 70.6 Å². The summed E-state index contributed by atoms with van der Waals surface area (Å²) in [5.41, 5.74) is 1.08. The van der Waals surface area contributed by atoms with E-state index in [1.54, 1.807) is 7.11 Å². The molecule has 7 atom stereocenters. The SMILES string of the molecule is CC[C@@H](CO)CC(C)[C@@H]1C[C@@H](OC)C[C@H](O)C(C)(C)c2cccc(c2)C[C@@H](O)[C@H](O)C(=O)O1. The van der Waals surface area contributed by atoms with Crippen LogP contribution in [-0.2, 0) is 26.1 Å². The Hall–Kier alpha value is -1.51. The summed E-state index contributed by atoms with van der Waals surface area (Å²) in [5.74, 6) is -0.919. The summed E-state index contributed by atoms with van der Waals surface area (Å²) in [6.07, 6.45) is -2.51. The van der Waals surface area contributed by atoms with Crippen LogP contribution in [0.4, 0.5) is 0 Å². The molecule has 1 unspecified atom stereocenters. The molecule has 0 spiro atoms. The van der Waals surface area contributed by atoms with Gasteiger partial charge in [-0.2, -0.15) is 0 Å². The summed E-state index contributed by atoms with van der Waals surface area (Å²) in [4.78, 5) is 12.7. The monoisotopic (exact) mass is 466 g/mol. The van der Waals surface area contributed by atoms with Crippen molar-refractivity contribution in [3.63, 3.8) is 0 Å². The Kier molecular flexibility index (Phi) is 10.3. The highest BCUT2D eigenvalue weighted by molar-refractivity contribution is 5.75. The molecule has 4 N–H and O–H groups in total. The maximum absolute atomic E-state index is 12.7. The molecule has 0 aromatic heterocycles. The van der Waals surface area contributed by atoms with Gasteiger partial charge < -0.3 is 29.9 Å². The Labute approximate surface area is 197 Å². The highest BCUT2D eigenvalue weighted by atomic mass is 16.6. The average Bonchev–Trinajstić information content (AvgIpc) is 2.79. The van der Waals surface area contributed by atoms with Gasteiger partial charge in [0.05, 0.1) is 18.3 Å². The van der Waals surface area contributed by atoms with Gasteiger partial charge in [-0.3, -0.25) is 0 Å². The van der Waals surface area contributed by atoms with E-state index in [0.717, 1.165) is 17.5 Å². The van der Waals surface area contributed by atoms with Crippen LogP contribution < -0.4 is 0 Å². The fraction of sp³-hybridized carbons (Fsp3) is 0.731. The van der Waals surface area contributed by atoms with Crippen molar-refractivity contribution < 1.29 is 34.7 Å². The summed E-state index contributed by atoms with van der Waals surface area (Å²) < 4.78 is 11.4. The van der Waals surface area contributed by atoms with Gasteiger partial charge in [-0.25, -0.2) is 4.79 Å². The normalized spacial score (nSPS) is 30.7. The number of ether oxygens (including phenoxy) is 2. The second kappa shape index (κ2) is 12.3. The van der Waals surface area contributed by atoms with Gasteiger partial charge in [0.2, 0.25) is 0 Å². The van der Waals surface area contributed by atoms with E-state index in [-0.39, 0.29) is 31.0 Å². The van der Waals surface area contributed by atoms with Gasteiger partial charge in [0.25, 0.3) is 0 Å². The summed E-state index contributed by atoms with van der Waals surface area (Å²) in [7, 11) is 1.57. The topological polar surface area (TPSA) is 116 Å². The largest absolute Gasteiger partial charge is 0.460 e. The van der Waals surface area contributed by atoms with E-state index in [2.05, 4.69) is 0 Å². The molecule has 33 heavy (non-hydrogen) atoms. The number of carbonyl (C=O) groups is 1. The van der Waals surface area contributed by atoms with Crippen LogP contribution >= 0.6 is 0 Å². The first-order valence-electron chi connectivity index (χ1n) is 12.0. The molecule has 7 nitrogen and oxygen atoms in total. The van der Waals surface area contributed by atoms with E-state index in [0.29, 0.717) is 19.3 Å². The number of hydrogen-bond donors (Lipinski definition) is 4. The molecule has 2 bridgehead atoms. The quantitative estimate of drug-likeness (QED) is 0.476. The summed E-state index contributed by atoms with van der Waals surface area (Å²) in [5, 5.41) is 41.8. The van der Waals surface area contributed by atoms with Crippen LogP contribution in [0.1, 0.15) is 64.5 Å². The van der Waals surface area contributed by atoms with E-state index in [1.165, 1.54) is 0 Å². The molecule has 0 amide bonds. The third-order valence-corrected chi connectivity index (χ3v) is 7.31. The number of methoxy groups -OCH3 is 1. The van der Waals surface area contributed by atoms with Crippen LogP contribution in [0.15, 0.2) is 24.3 Å². The summed E-state index contributed by atoms with van der Waals surface area (Å²) >= 11 is 0. The second-order valence-electron chi connectivity index (χ2n) is 10.1. The molecule has 0 aliphatic carbocycles. The lowest BCUT2D eigenvalue weighted by Gasteiger charge is -2.36. The Bertz CT molecular complexity index is 746. The Balaban J connectivity index is 2.40. The van der Waals surface area contributed by atoms with E-state index >= 15 is 0 Å². The van der Waals surface area contributed by atoms with Crippen molar-refractivity contribution in [1.29, 1.82) is 0 Å². The molecule has 0 fully saturated rings. The van der Waals surface area contributed by atoms with Gasteiger partial charge in [-0.1, -0.05) is 58.4 Å². The van der Waals surface area contributed by atoms with Crippen molar-refractivity contribution in [3.05, 3.63) is 35.4 Å². The van der Waals surface area contributed by atoms with E-state index < -0.39 is 35.8 Å². The van der Waals surface area contributed by atoms with E-state index in [9.17, 15) is 25.2 Å². The zero-order valence-electron chi connectivity index (χ0n) is 20.6. The lowest BCUT2D eigenvalue weighted by Crippen LogP contribution is -2.43. The standard InChI is InChI=1S/C26H42O7/c1-6-17(15-27)10-16(2)22-13-20(32-5)14-23(29)26(3,4)19-9-7-8-18(11-19)12-21(28)24(30)25(31)33-22/h7-9,11,16-17,20-24,27-30H,6,10,12-15H2,1-5H3/t16?,17-,20-,21-,22+,23+,24+/m1/s1. The third-order valence-electron chi connectivity index (χ3n) is 7.31. The number of cyclic esters (lactones) is 1. The number of hydrogen-bond acceptors (Lipinski definition) is 7. The van der Waals surface area contributed by atoms with Crippen LogP contribution in [0.2, 0.25) is 0 Å². The van der Waals surface area contributed by atoms with Crippen LogP contribution in [0.3, 0.4) is 0 Å². The second-order valence-corrected chi connectivity index (χ2v) is 10.1. The fourth-order valence-electron chi connectivity index (χ4n) is 4.56. The van der Waals surface area contributed by atoms with Crippen molar-refractivity contribution in [3.8, 4) is 0 Å². The van der Waals surface area contributed by atoms with Crippen molar-refractivity contribution in [2.45, 2.75) is 95.7 Å². The highest BCUT2D eigenvalue weighted by Gasteiger charge is 2.36. The summed E-state index contributed by atoms with van der Waals surface area (Å²) in [6, 6.07) is 7.49. The molecule has 1 aromatic rings. The van der Waals surface area contributed by atoms with E-state index in [1.807, 2.05) is 52.0 Å². The molecule has 188 valence electrons. The van der Waals surface area contributed by atoms with Gasteiger partial charge in [-0.05, 0) is 29.4 Å². The fourth-order valence-corrected chi connectivity index (χ4v) is 4.56. The first kappa shape index (κ1) is 27.7. The molecule has 0 saturated heterocycles. The highest BCUT2D eigenvalue weighted by Crippen LogP contribution is 2.33. The zero-order valence-corrected chi connectivity index (χ0v) is 20.6. The minimum absolute atomic E-state index is 0.0429. The van der Waals surface area contributed by atoms with Crippen molar-refractivity contribution in [2.75, 3.05) is 13.7 Å². The zero-order chi connectivity index (χ0) is 24.8. The maximum atomic E-state index is 12.7. The smallest absolute Gasteiger partial charge is 0.337 e. The molecule has 2 rings (SSSR count). The molecule has 0 saturated carbocycles. The molecule has 1 heterocycles. The Morgan fingerprint density at radius 1 is 1.21 bits per heavy atom. The molecule has 7 heteroatoms. The van der Waals surface area contributed by atoms with Crippen molar-refractivity contribution in [2.24, 2.45) is 11.8 Å². The third kappa shape index (κ3) is 7.23. The van der Waals surface area contributed by atoms with E-state index in [4.69, 9.17) is 9.47 Å². The van der Waals surface area contributed by atoms with Gasteiger partial charge in [0.15, 0.2) is 6.10 Å².